The lowest BCUT2D eigenvalue weighted by molar-refractivity contribution is -0.931. The van der Waals surface area contributed by atoms with Crippen LogP contribution in [0.25, 0.3) is 11.1 Å². The first-order valence-corrected chi connectivity index (χ1v) is 10.8. The maximum atomic E-state index is 12.6. The smallest absolute Gasteiger partial charge is 0.411 e. The van der Waals surface area contributed by atoms with E-state index in [1.54, 1.807) is 0 Å². The fourth-order valence-corrected chi connectivity index (χ4v) is 5.38. The lowest BCUT2D eigenvalue weighted by Crippen LogP contribution is -2.55. The number of ether oxygens (including phenoxy) is 1. The molecule has 2 heterocycles. The molecule has 0 radical (unpaired) electrons. The van der Waals surface area contributed by atoms with Crippen LogP contribution in [0.3, 0.4) is 0 Å². The van der Waals surface area contributed by atoms with Crippen LogP contribution in [-0.4, -0.2) is 43.4 Å². The maximum Gasteiger partial charge on any atom is 0.411 e. The molecule has 5 heteroatoms. The Kier molecular flexibility index (Phi) is 5.58. The van der Waals surface area contributed by atoms with Gasteiger partial charge >= 0.3 is 6.09 Å². The number of hydrogen-bond acceptors (Lipinski definition) is 2. The largest absolute Gasteiger partial charge is 0.449 e. The van der Waals surface area contributed by atoms with Crippen LogP contribution in [0.2, 0.25) is 5.02 Å². The number of aryl methyl sites for hydroxylation is 1. The van der Waals surface area contributed by atoms with Crippen molar-refractivity contribution in [2.45, 2.75) is 44.7 Å². The molecule has 2 aliphatic rings. The minimum absolute atomic E-state index is 0.380. The molecule has 4 rings (SSSR count). The van der Waals surface area contributed by atoms with Gasteiger partial charge in [0.15, 0.2) is 0 Å². The van der Waals surface area contributed by atoms with Crippen LogP contribution in [0.4, 0.5) is 10.5 Å². The van der Waals surface area contributed by atoms with Crippen molar-refractivity contribution >= 4 is 23.4 Å². The molecule has 2 bridgehead atoms. The van der Waals surface area contributed by atoms with Gasteiger partial charge in [-0.3, -0.25) is 5.32 Å². The number of nitrogens with one attached hydrogen (secondary N) is 1. The van der Waals surface area contributed by atoms with Crippen LogP contribution in [0.5, 0.6) is 0 Å². The van der Waals surface area contributed by atoms with Crippen molar-refractivity contribution in [3.63, 3.8) is 0 Å². The van der Waals surface area contributed by atoms with E-state index in [0.29, 0.717) is 29.6 Å². The Morgan fingerprint density at radius 1 is 1.14 bits per heavy atom. The summed E-state index contributed by atoms with van der Waals surface area (Å²) in [6.45, 7) is 2.49. The number of carbonyl (C=O) groups is 1. The van der Waals surface area contributed by atoms with Gasteiger partial charge in [0, 0.05) is 42.2 Å². The molecule has 2 aliphatic heterocycles. The Morgan fingerprint density at radius 3 is 2.52 bits per heavy atom. The summed E-state index contributed by atoms with van der Waals surface area (Å²) < 4.78 is 6.80. The van der Waals surface area contributed by atoms with Gasteiger partial charge in [-0.2, -0.15) is 0 Å². The number of carbonyl (C=O) groups excluding carboxylic acids is 1. The normalized spacial score (nSPS) is 24.9. The molecule has 0 saturated carbocycles. The molecule has 1 amide bonds. The molecule has 29 heavy (non-hydrogen) atoms. The Hall–Kier alpha value is -2.04. The summed E-state index contributed by atoms with van der Waals surface area (Å²) >= 11 is 6.16. The van der Waals surface area contributed by atoms with Crippen molar-refractivity contribution in [3.8, 4) is 11.1 Å². The van der Waals surface area contributed by atoms with Crippen LogP contribution in [0.15, 0.2) is 42.5 Å². The molecule has 1 N–H and O–H groups in total. The number of halogens is 1. The highest BCUT2D eigenvalue weighted by Gasteiger charge is 2.48. The molecule has 0 spiro atoms. The average molecular weight is 414 g/mol. The van der Waals surface area contributed by atoms with Crippen molar-refractivity contribution in [2.24, 2.45) is 5.92 Å². The van der Waals surface area contributed by atoms with Gasteiger partial charge in [0.05, 0.1) is 38.5 Å². The monoisotopic (exact) mass is 413 g/mol. The highest BCUT2D eigenvalue weighted by atomic mass is 35.5. The Labute approximate surface area is 178 Å². The predicted molar refractivity (Wildman–Crippen MR) is 118 cm³/mol. The van der Waals surface area contributed by atoms with E-state index in [1.165, 1.54) is 12.8 Å². The van der Waals surface area contributed by atoms with Gasteiger partial charge in [0.1, 0.15) is 0 Å². The second-order valence-electron chi connectivity index (χ2n) is 9.08. The maximum absolute atomic E-state index is 12.6. The van der Waals surface area contributed by atoms with Gasteiger partial charge in [-0.1, -0.05) is 41.9 Å². The molecule has 2 fully saturated rings. The molecule has 2 saturated heterocycles. The molecule has 2 atom stereocenters. The van der Waals surface area contributed by atoms with Crippen molar-refractivity contribution in [1.29, 1.82) is 0 Å². The van der Waals surface area contributed by atoms with Gasteiger partial charge in [0.25, 0.3) is 0 Å². The van der Waals surface area contributed by atoms with Crippen LogP contribution in [0, 0.1) is 12.8 Å². The third kappa shape index (κ3) is 4.15. The number of hydrogen-bond donors (Lipinski definition) is 1. The van der Waals surface area contributed by atoms with Gasteiger partial charge in [-0.25, -0.2) is 4.79 Å². The standard InChI is InChI=1S/C24H29ClN2O2/c1-16-6-4-9-22(18-7-5-8-19(25)14-18)23(16)26-24(28)29-15-17-12-20-10-11-21(13-17)27(20,2)3/h4-9,14,17,20-21H,10-13,15H2,1-3H3/p+1. The summed E-state index contributed by atoms with van der Waals surface area (Å²) in [4.78, 5) is 12.6. The molecular formula is C24H30ClN2O2+. The van der Waals surface area contributed by atoms with Crippen LogP contribution in [-0.2, 0) is 4.74 Å². The number of fused-ring (bicyclic) bond motifs is 2. The Morgan fingerprint density at radius 2 is 1.83 bits per heavy atom. The van der Waals surface area contributed by atoms with Gasteiger partial charge in [-0.15, -0.1) is 0 Å². The van der Waals surface area contributed by atoms with E-state index in [-0.39, 0.29) is 6.09 Å². The fraction of sp³-hybridized carbons (Fsp3) is 0.458. The fourth-order valence-electron chi connectivity index (χ4n) is 5.19. The molecule has 2 unspecified atom stereocenters. The molecule has 4 nitrogen and oxygen atoms in total. The molecule has 2 aromatic rings. The van der Waals surface area contributed by atoms with E-state index >= 15 is 0 Å². The molecule has 0 aliphatic carbocycles. The second kappa shape index (κ2) is 8.00. The Balaban J connectivity index is 1.42. The first-order chi connectivity index (χ1) is 13.8. The summed E-state index contributed by atoms with van der Waals surface area (Å²) in [5, 5.41) is 3.65. The van der Waals surface area contributed by atoms with Gasteiger partial charge in [-0.05, 0) is 30.2 Å². The number of para-hydroxylation sites is 1. The first kappa shape index (κ1) is 20.2. The lowest BCUT2D eigenvalue weighted by atomic mass is 9.90. The first-order valence-electron chi connectivity index (χ1n) is 10.5. The van der Waals surface area contributed by atoms with Gasteiger partial charge < -0.3 is 9.22 Å². The average Bonchev–Trinajstić information content (AvgIpc) is 2.85. The quantitative estimate of drug-likeness (QED) is 0.635. The Bertz CT molecular complexity index is 896. The summed E-state index contributed by atoms with van der Waals surface area (Å²) in [5.41, 5.74) is 3.69. The minimum atomic E-state index is -0.380. The summed E-state index contributed by atoms with van der Waals surface area (Å²) in [6, 6.07) is 15.0. The van der Waals surface area contributed by atoms with E-state index in [4.69, 9.17) is 16.3 Å². The van der Waals surface area contributed by atoms with Gasteiger partial charge in [0.2, 0.25) is 0 Å². The molecular weight excluding hydrogens is 384 g/mol. The number of amides is 1. The van der Waals surface area contributed by atoms with E-state index in [9.17, 15) is 4.79 Å². The molecule has 2 aromatic carbocycles. The number of piperidine rings is 1. The summed E-state index contributed by atoms with van der Waals surface area (Å²) in [6.07, 6.45) is 4.51. The van der Waals surface area contributed by atoms with Crippen LogP contribution >= 0.6 is 11.6 Å². The molecule has 0 aromatic heterocycles. The molecule has 154 valence electrons. The lowest BCUT2D eigenvalue weighted by Gasteiger charge is -2.44. The van der Waals surface area contributed by atoms with Crippen LogP contribution in [0.1, 0.15) is 31.2 Å². The highest BCUT2D eigenvalue weighted by molar-refractivity contribution is 6.30. The second-order valence-corrected chi connectivity index (χ2v) is 9.52. The topological polar surface area (TPSA) is 38.3 Å². The van der Waals surface area contributed by atoms with E-state index in [1.807, 2.05) is 49.4 Å². The van der Waals surface area contributed by atoms with Crippen molar-refractivity contribution in [2.75, 3.05) is 26.0 Å². The number of nitrogens with zero attached hydrogens (tertiary/aromatic N) is 1. The van der Waals surface area contributed by atoms with E-state index in [2.05, 4.69) is 19.4 Å². The number of quaternary nitrogens is 1. The van der Waals surface area contributed by atoms with E-state index in [0.717, 1.165) is 39.7 Å². The van der Waals surface area contributed by atoms with Crippen molar-refractivity contribution in [3.05, 3.63) is 53.1 Å². The zero-order valence-electron chi connectivity index (χ0n) is 17.5. The number of anilines is 1. The van der Waals surface area contributed by atoms with E-state index < -0.39 is 0 Å². The zero-order chi connectivity index (χ0) is 20.6. The summed E-state index contributed by atoms with van der Waals surface area (Å²) in [7, 11) is 4.70. The minimum Gasteiger partial charge on any atom is -0.449 e. The third-order valence-corrected chi connectivity index (χ3v) is 7.25. The zero-order valence-corrected chi connectivity index (χ0v) is 18.2. The predicted octanol–water partition coefficient (Wildman–Crippen LogP) is 5.88. The van der Waals surface area contributed by atoms with Crippen molar-refractivity contribution < 1.29 is 14.0 Å². The van der Waals surface area contributed by atoms with Crippen molar-refractivity contribution in [1.82, 2.24) is 0 Å². The number of benzene rings is 2. The van der Waals surface area contributed by atoms with Crippen LogP contribution < -0.4 is 5.32 Å². The highest BCUT2D eigenvalue weighted by Crippen LogP contribution is 2.42. The SMILES string of the molecule is Cc1cccc(-c2cccc(Cl)c2)c1NC(=O)OCC1CC2CCC(C1)[N+]2(C)C. The summed E-state index contributed by atoms with van der Waals surface area (Å²) in [5.74, 6) is 0.466. The third-order valence-electron chi connectivity index (χ3n) is 7.01. The number of rotatable bonds is 4.